The van der Waals surface area contributed by atoms with Crippen LogP contribution in [0.5, 0.6) is 5.75 Å². The molecule has 0 saturated heterocycles. The number of carbonyl (C=O) groups is 1. The maximum Gasteiger partial charge on any atom is 0.266 e. The van der Waals surface area contributed by atoms with Gasteiger partial charge in [-0.15, -0.1) is 0 Å². The van der Waals surface area contributed by atoms with E-state index in [9.17, 15) is 9.59 Å². The number of rotatable bonds is 10. The topological polar surface area (TPSA) is 82.4 Å². The summed E-state index contributed by atoms with van der Waals surface area (Å²) < 4.78 is 12.1. The van der Waals surface area contributed by atoms with E-state index in [0.29, 0.717) is 39.8 Å². The molecular formula is C26H27N3O4S. The van der Waals surface area contributed by atoms with E-state index >= 15 is 0 Å². The van der Waals surface area contributed by atoms with Crippen molar-refractivity contribution in [2.75, 3.05) is 24.8 Å². The lowest BCUT2D eigenvalue weighted by Gasteiger charge is -2.14. The third-order valence-corrected chi connectivity index (χ3v) is 5.74. The van der Waals surface area contributed by atoms with Crippen LogP contribution in [0.1, 0.15) is 13.8 Å². The zero-order chi connectivity index (χ0) is 24.5. The van der Waals surface area contributed by atoms with Crippen molar-refractivity contribution in [3.05, 3.63) is 89.5 Å². The number of carbonyl (C=O) groups excluding carboxylic acids is 1. The number of fused-ring (bicyclic) bond motifs is 1. The monoisotopic (exact) mass is 477 g/mol. The number of thioether (sulfide) groups is 1. The van der Waals surface area contributed by atoms with Gasteiger partial charge in [0.2, 0.25) is 5.91 Å². The van der Waals surface area contributed by atoms with E-state index in [2.05, 4.69) is 16.9 Å². The first-order valence-corrected chi connectivity index (χ1v) is 11.7. The van der Waals surface area contributed by atoms with Crippen molar-refractivity contribution in [1.82, 2.24) is 9.55 Å². The highest BCUT2D eigenvalue weighted by molar-refractivity contribution is 7.99. The molecule has 7 nitrogen and oxygen atoms in total. The summed E-state index contributed by atoms with van der Waals surface area (Å²) in [5, 5.41) is 3.72. The molecule has 3 aromatic rings. The standard InChI is InChI=1S/C26H27N3O4S/c1-5-20(14-11-18(3)32-4)29-25(31)22-9-7-8-10-23(22)28-26(29)34-17-24(30)27-19-12-15-21(16-13-19)33-6-2/h5,7-16H,1,6,17H2,2-4H3,(H,27,30). The van der Waals surface area contributed by atoms with Crippen molar-refractivity contribution in [1.29, 1.82) is 0 Å². The van der Waals surface area contributed by atoms with Crippen LogP contribution < -0.4 is 15.6 Å². The molecule has 0 aliphatic carbocycles. The maximum atomic E-state index is 13.3. The normalized spacial score (nSPS) is 11.9. The lowest BCUT2D eigenvalue weighted by atomic mass is 10.2. The lowest BCUT2D eigenvalue weighted by molar-refractivity contribution is -0.113. The van der Waals surface area contributed by atoms with Crippen molar-refractivity contribution < 1.29 is 14.3 Å². The number of aromatic nitrogens is 2. The Kier molecular flexibility index (Phi) is 8.70. The van der Waals surface area contributed by atoms with Crippen LogP contribution in [0.15, 0.2) is 89.0 Å². The zero-order valence-corrected chi connectivity index (χ0v) is 20.2. The molecule has 1 N–H and O–H groups in total. The van der Waals surface area contributed by atoms with Crippen molar-refractivity contribution in [2.45, 2.75) is 19.0 Å². The summed E-state index contributed by atoms with van der Waals surface area (Å²) in [7, 11) is 1.57. The van der Waals surface area contributed by atoms with Crippen LogP contribution in [0.2, 0.25) is 0 Å². The molecule has 1 amide bonds. The molecule has 0 aliphatic heterocycles. The van der Waals surface area contributed by atoms with E-state index in [1.165, 1.54) is 16.3 Å². The van der Waals surface area contributed by atoms with Gasteiger partial charge in [0.05, 0.1) is 41.8 Å². The van der Waals surface area contributed by atoms with E-state index < -0.39 is 0 Å². The van der Waals surface area contributed by atoms with E-state index in [1.54, 1.807) is 74.7 Å². The average molecular weight is 478 g/mol. The van der Waals surface area contributed by atoms with Crippen molar-refractivity contribution in [2.24, 2.45) is 0 Å². The molecule has 0 fully saturated rings. The smallest absolute Gasteiger partial charge is 0.266 e. The summed E-state index contributed by atoms with van der Waals surface area (Å²) >= 11 is 1.17. The Bertz CT molecular complexity index is 1290. The number of nitrogens with zero attached hydrogens (tertiary/aromatic N) is 2. The summed E-state index contributed by atoms with van der Waals surface area (Å²) in [5.41, 5.74) is 1.50. The third kappa shape index (κ3) is 6.17. The van der Waals surface area contributed by atoms with Gasteiger partial charge in [-0.05, 0) is 68.5 Å². The molecule has 0 radical (unpaired) electrons. The largest absolute Gasteiger partial charge is 0.501 e. The predicted octanol–water partition coefficient (Wildman–Crippen LogP) is 5.10. The van der Waals surface area contributed by atoms with Crippen molar-refractivity contribution >= 4 is 40.0 Å². The molecule has 0 spiro atoms. The molecule has 2 aromatic carbocycles. The summed E-state index contributed by atoms with van der Waals surface area (Å²) in [5.74, 6) is 1.25. The fourth-order valence-corrected chi connectivity index (χ4v) is 3.88. The number of ether oxygens (including phenoxy) is 2. The number of para-hydroxylation sites is 1. The van der Waals surface area contributed by atoms with Gasteiger partial charge in [-0.2, -0.15) is 0 Å². The molecule has 176 valence electrons. The molecule has 34 heavy (non-hydrogen) atoms. The molecule has 0 atom stereocenters. The first-order chi connectivity index (χ1) is 16.5. The van der Waals surface area contributed by atoms with E-state index in [1.807, 2.05) is 13.0 Å². The Labute approximate surface area is 202 Å². The van der Waals surface area contributed by atoms with Crippen molar-refractivity contribution in [3.63, 3.8) is 0 Å². The maximum absolute atomic E-state index is 13.3. The second-order valence-electron chi connectivity index (χ2n) is 7.12. The number of benzene rings is 2. The number of hydrogen-bond donors (Lipinski definition) is 1. The van der Waals surface area contributed by atoms with Gasteiger partial charge < -0.3 is 14.8 Å². The van der Waals surface area contributed by atoms with Crippen LogP contribution in [0, 0.1) is 0 Å². The minimum Gasteiger partial charge on any atom is -0.501 e. The Morgan fingerprint density at radius 2 is 1.91 bits per heavy atom. The number of methoxy groups -OCH3 is 1. The molecule has 0 unspecified atom stereocenters. The Morgan fingerprint density at radius 1 is 1.18 bits per heavy atom. The van der Waals surface area contributed by atoms with Crippen LogP contribution >= 0.6 is 11.8 Å². The van der Waals surface area contributed by atoms with Crippen LogP contribution in [0.3, 0.4) is 0 Å². The van der Waals surface area contributed by atoms with Crippen LogP contribution in [0.25, 0.3) is 16.6 Å². The average Bonchev–Trinajstić information content (AvgIpc) is 2.85. The van der Waals surface area contributed by atoms with Crippen molar-refractivity contribution in [3.8, 4) is 5.75 Å². The first-order valence-electron chi connectivity index (χ1n) is 10.7. The number of hydrogen-bond acceptors (Lipinski definition) is 6. The molecule has 0 aliphatic rings. The first kappa shape index (κ1) is 24.9. The van der Waals surface area contributed by atoms with Crippen LogP contribution in [-0.2, 0) is 9.53 Å². The van der Waals surface area contributed by atoms with Gasteiger partial charge in [0.25, 0.3) is 5.56 Å². The van der Waals surface area contributed by atoms with E-state index in [-0.39, 0.29) is 17.2 Å². The van der Waals surface area contributed by atoms with Gasteiger partial charge >= 0.3 is 0 Å². The zero-order valence-electron chi connectivity index (χ0n) is 19.4. The highest BCUT2D eigenvalue weighted by atomic mass is 32.2. The Morgan fingerprint density at radius 3 is 2.59 bits per heavy atom. The fourth-order valence-electron chi connectivity index (χ4n) is 3.07. The second-order valence-corrected chi connectivity index (χ2v) is 8.07. The molecule has 1 heterocycles. The van der Waals surface area contributed by atoms with Gasteiger partial charge in [-0.25, -0.2) is 4.98 Å². The summed E-state index contributed by atoms with van der Waals surface area (Å²) in [6.07, 6.45) is 5.04. The van der Waals surface area contributed by atoms with Gasteiger partial charge in [-0.1, -0.05) is 30.5 Å². The number of amides is 1. The molecule has 8 heteroatoms. The number of nitrogens with one attached hydrogen (secondary N) is 1. The van der Waals surface area contributed by atoms with Crippen LogP contribution in [0.4, 0.5) is 5.69 Å². The van der Waals surface area contributed by atoms with Gasteiger partial charge in [0.1, 0.15) is 5.75 Å². The van der Waals surface area contributed by atoms with E-state index in [0.717, 1.165) is 5.75 Å². The highest BCUT2D eigenvalue weighted by Gasteiger charge is 2.15. The molecule has 1 aromatic heterocycles. The minimum atomic E-state index is -0.241. The Hall–Kier alpha value is -3.78. The quantitative estimate of drug-likeness (QED) is 0.189. The molecule has 3 rings (SSSR count). The fraction of sp³-hybridized carbons (Fsp3) is 0.192. The second kappa shape index (κ2) is 11.9. The summed E-state index contributed by atoms with van der Waals surface area (Å²) in [4.78, 5) is 30.6. The SMILES string of the molecule is C=CC(=CC=C(C)OC)n1c(SCC(=O)Nc2ccc(OCC)cc2)nc2ccccc2c1=O. The lowest BCUT2D eigenvalue weighted by Crippen LogP contribution is -2.23. The van der Waals surface area contributed by atoms with Gasteiger partial charge in [0.15, 0.2) is 5.16 Å². The minimum absolute atomic E-state index is 0.0648. The number of allylic oxidation sites excluding steroid dienone is 5. The van der Waals surface area contributed by atoms with Gasteiger partial charge in [-0.3, -0.25) is 14.2 Å². The molecule has 0 bridgehead atoms. The van der Waals surface area contributed by atoms with E-state index in [4.69, 9.17) is 9.47 Å². The number of anilines is 1. The van der Waals surface area contributed by atoms with Crippen LogP contribution in [-0.4, -0.2) is 34.9 Å². The molecular weight excluding hydrogens is 450 g/mol. The van der Waals surface area contributed by atoms with Gasteiger partial charge in [0, 0.05) is 5.69 Å². The highest BCUT2D eigenvalue weighted by Crippen LogP contribution is 2.22. The summed E-state index contributed by atoms with van der Waals surface area (Å²) in [6, 6.07) is 14.3. The summed E-state index contributed by atoms with van der Waals surface area (Å²) in [6.45, 7) is 8.14. The Balaban J connectivity index is 1.89. The third-order valence-electron chi connectivity index (χ3n) is 4.80. The predicted molar refractivity (Wildman–Crippen MR) is 138 cm³/mol. The molecule has 0 saturated carbocycles.